The van der Waals surface area contributed by atoms with Gasteiger partial charge in [-0.15, -0.1) is 13.2 Å². The number of allylic oxidation sites excluding steroid dienone is 1. The molecule has 0 unspecified atom stereocenters. The predicted molar refractivity (Wildman–Crippen MR) is 102 cm³/mol. The summed E-state index contributed by atoms with van der Waals surface area (Å²) in [7, 11) is 0. The minimum atomic E-state index is -0.320. The lowest BCUT2D eigenvalue weighted by Gasteiger charge is -2.23. The first-order chi connectivity index (χ1) is 12.2. The smallest absolute Gasteiger partial charge is 0.410 e. The van der Waals surface area contributed by atoms with Crippen LogP contribution in [0, 0.1) is 0 Å². The van der Waals surface area contributed by atoms with E-state index in [1.54, 1.807) is 11.0 Å². The van der Waals surface area contributed by atoms with Crippen LogP contribution < -0.4 is 0 Å². The highest BCUT2D eigenvalue weighted by atomic mass is 16.6. The minimum absolute atomic E-state index is 0.204. The zero-order chi connectivity index (χ0) is 17.9. The fraction of sp³-hybridized carbons (Fsp3) is 0.227. The van der Waals surface area contributed by atoms with Crippen molar-refractivity contribution in [2.45, 2.75) is 18.9 Å². The van der Waals surface area contributed by atoms with Crippen molar-refractivity contribution in [3.8, 4) is 0 Å². The zero-order valence-electron chi connectivity index (χ0n) is 14.5. The molecule has 2 aromatic rings. The van der Waals surface area contributed by atoms with E-state index in [0.29, 0.717) is 13.1 Å². The van der Waals surface area contributed by atoms with Crippen molar-refractivity contribution in [3.05, 3.63) is 97.1 Å². The molecule has 0 aliphatic rings. The van der Waals surface area contributed by atoms with Gasteiger partial charge in [0, 0.05) is 19.0 Å². The van der Waals surface area contributed by atoms with Gasteiger partial charge in [-0.1, -0.05) is 72.8 Å². The van der Waals surface area contributed by atoms with Gasteiger partial charge >= 0.3 is 6.09 Å². The van der Waals surface area contributed by atoms with E-state index < -0.39 is 0 Å². The highest BCUT2D eigenvalue weighted by Gasteiger charge is 2.16. The Bertz CT molecular complexity index is 667. The van der Waals surface area contributed by atoms with Gasteiger partial charge in [-0.25, -0.2) is 4.79 Å². The van der Waals surface area contributed by atoms with E-state index in [0.717, 1.165) is 12.0 Å². The van der Waals surface area contributed by atoms with E-state index in [2.05, 4.69) is 25.3 Å². The molecule has 2 rings (SSSR count). The Hall–Kier alpha value is -2.81. The van der Waals surface area contributed by atoms with Gasteiger partial charge in [0.15, 0.2) is 0 Å². The molecule has 0 bridgehead atoms. The molecule has 25 heavy (non-hydrogen) atoms. The van der Waals surface area contributed by atoms with Crippen LogP contribution in [0.4, 0.5) is 4.79 Å². The van der Waals surface area contributed by atoms with Gasteiger partial charge in [-0.05, 0) is 17.5 Å². The van der Waals surface area contributed by atoms with Gasteiger partial charge in [0.1, 0.15) is 6.61 Å². The van der Waals surface area contributed by atoms with Crippen molar-refractivity contribution in [2.75, 3.05) is 13.1 Å². The highest BCUT2D eigenvalue weighted by molar-refractivity contribution is 5.67. The molecular formula is C22H25NO2. The molecule has 1 amide bonds. The third-order valence-corrected chi connectivity index (χ3v) is 4.04. The van der Waals surface area contributed by atoms with Crippen molar-refractivity contribution in [3.63, 3.8) is 0 Å². The first-order valence-corrected chi connectivity index (χ1v) is 8.48. The molecule has 0 aromatic heterocycles. The van der Waals surface area contributed by atoms with Crippen molar-refractivity contribution < 1.29 is 9.53 Å². The normalized spacial score (nSPS) is 11.4. The maximum atomic E-state index is 12.4. The molecular weight excluding hydrogens is 310 g/mol. The van der Waals surface area contributed by atoms with Gasteiger partial charge in [0.05, 0.1) is 0 Å². The van der Waals surface area contributed by atoms with Crippen LogP contribution in [0.25, 0.3) is 0 Å². The number of ether oxygens (including phenoxy) is 1. The summed E-state index contributed by atoms with van der Waals surface area (Å²) < 4.78 is 5.43. The molecule has 0 heterocycles. The molecule has 3 heteroatoms. The van der Waals surface area contributed by atoms with E-state index >= 15 is 0 Å². The molecule has 2 aromatic carbocycles. The number of carbonyl (C=O) groups is 1. The van der Waals surface area contributed by atoms with Gasteiger partial charge in [-0.3, -0.25) is 0 Å². The number of amides is 1. The average molecular weight is 335 g/mol. The van der Waals surface area contributed by atoms with E-state index in [4.69, 9.17) is 4.74 Å². The van der Waals surface area contributed by atoms with Gasteiger partial charge in [0.2, 0.25) is 0 Å². The van der Waals surface area contributed by atoms with Crippen LogP contribution in [0.5, 0.6) is 0 Å². The summed E-state index contributed by atoms with van der Waals surface area (Å²) in [5.74, 6) is 0.204. The summed E-state index contributed by atoms with van der Waals surface area (Å²) in [5.41, 5.74) is 2.18. The van der Waals surface area contributed by atoms with Gasteiger partial charge < -0.3 is 9.64 Å². The molecule has 0 radical (unpaired) electrons. The third-order valence-electron chi connectivity index (χ3n) is 4.04. The molecule has 0 spiro atoms. The van der Waals surface area contributed by atoms with Crippen molar-refractivity contribution in [1.29, 1.82) is 0 Å². The fourth-order valence-electron chi connectivity index (χ4n) is 2.64. The summed E-state index contributed by atoms with van der Waals surface area (Å²) >= 11 is 0. The monoisotopic (exact) mass is 335 g/mol. The molecule has 0 aliphatic heterocycles. The van der Waals surface area contributed by atoms with Crippen LogP contribution in [0.3, 0.4) is 0 Å². The summed E-state index contributed by atoms with van der Waals surface area (Å²) in [4.78, 5) is 14.0. The Morgan fingerprint density at radius 3 is 2.28 bits per heavy atom. The second kappa shape index (κ2) is 10.1. The molecule has 0 fully saturated rings. The number of benzene rings is 2. The SMILES string of the molecule is C=CCN(CC[C@H](C=C)c1ccccc1)C(=O)OCc1ccccc1. The summed E-state index contributed by atoms with van der Waals surface area (Å²) in [6, 6.07) is 19.9. The summed E-state index contributed by atoms with van der Waals surface area (Å²) in [6.07, 6.45) is 4.12. The fourth-order valence-corrected chi connectivity index (χ4v) is 2.64. The van der Waals surface area contributed by atoms with Crippen LogP contribution >= 0.6 is 0 Å². The van der Waals surface area contributed by atoms with Crippen molar-refractivity contribution >= 4 is 6.09 Å². The van der Waals surface area contributed by atoms with Crippen LogP contribution in [0.2, 0.25) is 0 Å². The molecule has 0 N–H and O–H groups in total. The number of hydrogen-bond donors (Lipinski definition) is 0. The number of rotatable bonds is 9. The van der Waals surface area contributed by atoms with Crippen LogP contribution in [0.1, 0.15) is 23.5 Å². The van der Waals surface area contributed by atoms with Crippen LogP contribution in [-0.2, 0) is 11.3 Å². The Morgan fingerprint density at radius 2 is 1.68 bits per heavy atom. The lowest BCUT2D eigenvalue weighted by atomic mass is 9.96. The topological polar surface area (TPSA) is 29.5 Å². The molecule has 0 saturated heterocycles. The lowest BCUT2D eigenvalue weighted by molar-refractivity contribution is 0.0994. The average Bonchev–Trinajstić information content (AvgIpc) is 2.67. The molecule has 0 aliphatic carbocycles. The van der Waals surface area contributed by atoms with Crippen LogP contribution in [-0.4, -0.2) is 24.1 Å². The molecule has 3 nitrogen and oxygen atoms in total. The molecule has 130 valence electrons. The standard InChI is InChI=1S/C22H25NO2/c1-3-16-23(22(24)25-18-19-11-7-5-8-12-19)17-15-20(4-2)21-13-9-6-10-14-21/h3-14,20H,1-2,15-18H2/t20-/m0/s1. The summed E-state index contributed by atoms with van der Waals surface area (Å²) in [5, 5.41) is 0. The van der Waals surface area contributed by atoms with Crippen molar-refractivity contribution in [2.24, 2.45) is 0 Å². The lowest BCUT2D eigenvalue weighted by Crippen LogP contribution is -2.33. The molecule has 1 atom stereocenters. The first kappa shape index (κ1) is 18.5. The predicted octanol–water partition coefficient (Wildman–Crippen LogP) is 5.17. The largest absolute Gasteiger partial charge is 0.445 e. The van der Waals surface area contributed by atoms with E-state index in [-0.39, 0.29) is 18.6 Å². The Kier molecular flexibility index (Phi) is 7.51. The third kappa shape index (κ3) is 5.96. The Morgan fingerprint density at radius 1 is 1.04 bits per heavy atom. The van der Waals surface area contributed by atoms with E-state index in [1.165, 1.54) is 5.56 Å². The Labute approximate surface area is 150 Å². The maximum absolute atomic E-state index is 12.4. The molecule has 0 saturated carbocycles. The summed E-state index contributed by atoms with van der Waals surface area (Å²) in [6.45, 7) is 8.99. The van der Waals surface area contributed by atoms with E-state index in [1.807, 2.05) is 54.6 Å². The zero-order valence-corrected chi connectivity index (χ0v) is 14.5. The second-order valence-electron chi connectivity index (χ2n) is 5.82. The maximum Gasteiger partial charge on any atom is 0.410 e. The second-order valence-corrected chi connectivity index (χ2v) is 5.82. The Balaban J connectivity index is 1.91. The number of nitrogens with zero attached hydrogens (tertiary/aromatic N) is 1. The minimum Gasteiger partial charge on any atom is -0.445 e. The number of carbonyl (C=O) groups excluding carboxylic acids is 1. The van der Waals surface area contributed by atoms with Crippen LogP contribution in [0.15, 0.2) is 86.0 Å². The van der Waals surface area contributed by atoms with Gasteiger partial charge in [0.25, 0.3) is 0 Å². The quantitative estimate of drug-likeness (QED) is 0.592. The number of hydrogen-bond acceptors (Lipinski definition) is 2. The highest BCUT2D eigenvalue weighted by Crippen LogP contribution is 2.21. The van der Waals surface area contributed by atoms with Gasteiger partial charge in [-0.2, -0.15) is 0 Å². The first-order valence-electron chi connectivity index (χ1n) is 8.48. The van der Waals surface area contributed by atoms with Crippen molar-refractivity contribution in [1.82, 2.24) is 4.90 Å². The van der Waals surface area contributed by atoms with E-state index in [9.17, 15) is 4.79 Å².